The van der Waals surface area contributed by atoms with Crippen LogP contribution in [-0.2, 0) is 4.79 Å². The van der Waals surface area contributed by atoms with Crippen molar-refractivity contribution in [3.8, 4) is 0 Å². The fourth-order valence-electron chi connectivity index (χ4n) is 1.06. The number of hydrogen-bond donors (Lipinski definition) is 2. The van der Waals surface area contributed by atoms with Gasteiger partial charge in [-0.2, -0.15) is 0 Å². The predicted octanol–water partition coefficient (Wildman–Crippen LogP) is 2.73. The molecule has 0 unspecified atom stereocenters. The van der Waals surface area contributed by atoms with E-state index in [1.165, 1.54) is 0 Å². The summed E-state index contributed by atoms with van der Waals surface area (Å²) in [7, 11) is 0. The molecule has 0 saturated carbocycles. The summed E-state index contributed by atoms with van der Waals surface area (Å²) in [5, 5.41) is 2.82. The van der Waals surface area contributed by atoms with Crippen LogP contribution in [-0.4, -0.2) is 12.5 Å². The molecule has 0 fully saturated rings. The zero-order chi connectivity index (χ0) is 11.3. The minimum Gasteiger partial charge on any atom is -0.330 e. The standard InChI is InChI=1S/C10H12BrIN2O/c11-8-4-3-7(6-9(8)12)14-10(15)2-1-5-13/h3-4,6H,1-2,5,13H2,(H,14,15). The summed E-state index contributed by atoms with van der Waals surface area (Å²) in [5.74, 6) is 0.0126. The van der Waals surface area contributed by atoms with Gasteiger partial charge in [0.15, 0.2) is 0 Å². The molecule has 0 aromatic heterocycles. The van der Waals surface area contributed by atoms with E-state index in [9.17, 15) is 4.79 Å². The predicted molar refractivity (Wildman–Crippen MR) is 73.8 cm³/mol. The van der Waals surface area contributed by atoms with E-state index in [-0.39, 0.29) is 5.91 Å². The summed E-state index contributed by atoms with van der Waals surface area (Å²) >= 11 is 5.61. The second-order valence-electron chi connectivity index (χ2n) is 3.07. The van der Waals surface area contributed by atoms with Crippen LogP contribution < -0.4 is 11.1 Å². The van der Waals surface area contributed by atoms with Crippen molar-refractivity contribution in [2.45, 2.75) is 12.8 Å². The Morgan fingerprint density at radius 1 is 1.53 bits per heavy atom. The molecule has 1 rings (SSSR count). The van der Waals surface area contributed by atoms with Gasteiger partial charge in [0.1, 0.15) is 0 Å². The van der Waals surface area contributed by atoms with Crippen LogP contribution >= 0.6 is 38.5 Å². The first-order valence-corrected chi connectivity index (χ1v) is 6.45. The topological polar surface area (TPSA) is 55.1 Å². The van der Waals surface area contributed by atoms with Crippen molar-refractivity contribution in [2.75, 3.05) is 11.9 Å². The Labute approximate surface area is 111 Å². The quantitative estimate of drug-likeness (QED) is 0.786. The number of benzene rings is 1. The van der Waals surface area contributed by atoms with Gasteiger partial charge in [-0.15, -0.1) is 0 Å². The molecule has 82 valence electrons. The van der Waals surface area contributed by atoms with E-state index in [4.69, 9.17) is 5.73 Å². The maximum atomic E-state index is 11.4. The van der Waals surface area contributed by atoms with Gasteiger partial charge in [-0.3, -0.25) is 4.79 Å². The van der Waals surface area contributed by atoms with Crippen molar-refractivity contribution in [3.63, 3.8) is 0 Å². The average Bonchev–Trinajstić information content (AvgIpc) is 2.20. The molecule has 0 aliphatic carbocycles. The molecule has 0 atom stereocenters. The van der Waals surface area contributed by atoms with E-state index in [1.54, 1.807) is 0 Å². The molecule has 0 radical (unpaired) electrons. The van der Waals surface area contributed by atoms with Crippen LogP contribution in [0.4, 0.5) is 5.69 Å². The largest absolute Gasteiger partial charge is 0.330 e. The van der Waals surface area contributed by atoms with Crippen LogP contribution in [0.5, 0.6) is 0 Å². The Balaban J connectivity index is 2.57. The average molecular weight is 383 g/mol. The Morgan fingerprint density at radius 2 is 2.27 bits per heavy atom. The van der Waals surface area contributed by atoms with Gasteiger partial charge in [0.25, 0.3) is 0 Å². The Bertz CT molecular complexity index is 357. The molecule has 0 spiro atoms. The first-order chi connectivity index (χ1) is 7.13. The highest BCUT2D eigenvalue weighted by Gasteiger charge is 2.03. The van der Waals surface area contributed by atoms with E-state index in [0.717, 1.165) is 20.2 Å². The first kappa shape index (κ1) is 12.9. The number of carbonyl (C=O) groups excluding carboxylic acids is 1. The summed E-state index contributed by atoms with van der Waals surface area (Å²) in [5.41, 5.74) is 6.15. The van der Waals surface area contributed by atoms with Crippen LogP contribution in [0.15, 0.2) is 22.7 Å². The smallest absolute Gasteiger partial charge is 0.224 e. The van der Waals surface area contributed by atoms with E-state index in [2.05, 4.69) is 43.8 Å². The Morgan fingerprint density at radius 3 is 2.87 bits per heavy atom. The van der Waals surface area contributed by atoms with E-state index < -0.39 is 0 Å². The lowest BCUT2D eigenvalue weighted by atomic mass is 10.2. The third-order valence-corrected chi connectivity index (χ3v) is 4.14. The van der Waals surface area contributed by atoms with Crippen LogP contribution in [0.25, 0.3) is 0 Å². The van der Waals surface area contributed by atoms with E-state index in [1.807, 2.05) is 18.2 Å². The summed E-state index contributed by atoms with van der Waals surface area (Å²) in [6, 6.07) is 5.71. The fourth-order valence-corrected chi connectivity index (χ4v) is 1.82. The van der Waals surface area contributed by atoms with Gasteiger partial charge >= 0.3 is 0 Å². The third-order valence-electron chi connectivity index (χ3n) is 1.81. The Kier molecular flexibility index (Phi) is 5.55. The van der Waals surface area contributed by atoms with Crippen molar-refractivity contribution >= 4 is 50.1 Å². The number of nitrogens with one attached hydrogen (secondary N) is 1. The number of hydrogen-bond acceptors (Lipinski definition) is 2. The third kappa shape index (κ3) is 4.48. The summed E-state index contributed by atoms with van der Waals surface area (Å²) < 4.78 is 2.10. The SMILES string of the molecule is NCCCC(=O)Nc1ccc(Br)c(I)c1. The number of nitrogens with two attached hydrogens (primary N) is 1. The van der Waals surface area contributed by atoms with Gasteiger partial charge in [-0.05, 0) is 69.7 Å². The number of halogens is 2. The second-order valence-corrected chi connectivity index (χ2v) is 5.09. The van der Waals surface area contributed by atoms with Crippen LogP contribution in [0.2, 0.25) is 0 Å². The monoisotopic (exact) mass is 382 g/mol. The van der Waals surface area contributed by atoms with Gasteiger partial charge in [0.2, 0.25) is 5.91 Å². The number of rotatable bonds is 4. The first-order valence-electron chi connectivity index (χ1n) is 4.58. The minimum atomic E-state index is 0.0126. The molecular formula is C10H12BrIN2O. The van der Waals surface area contributed by atoms with Crippen molar-refractivity contribution in [2.24, 2.45) is 5.73 Å². The van der Waals surface area contributed by atoms with Crippen LogP contribution in [0.1, 0.15) is 12.8 Å². The minimum absolute atomic E-state index is 0.0126. The molecule has 5 heteroatoms. The van der Waals surface area contributed by atoms with Gasteiger partial charge in [-0.25, -0.2) is 0 Å². The summed E-state index contributed by atoms with van der Waals surface area (Å²) in [6.07, 6.45) is 1.20. The van der Waals surface area contributed by atoms with Gasteiger partial charge in [0, 0.05) is 20.2 Å². The summed E-state index contributed by atoms with van der Waals surface area (Å²) in [6.45, 7) is 0.547. The maximum Gasteiger partial charge on any atom is 0.224 e. The van der Waals surface area contributed by atoms with E-state index >= 15 is 0 Å². The van der Waals surface area contributed by atoms with Gasteiger partial charge in [-0.1, -0.05) is 0 Å². The lowest BCUT2D eigenvalue weighted by molar-refractivity contribution is -0.116. The van der Waals surface area contributed by atoms with Crippen molar-refractivity contribution in [1.82, 2.24) is 0 Å². The normalized spacial score (nSPS) is 10.1. The molecule has 0 heterocycles. The molecule has 3 nitrogen and oxygen atoms in total. The van der Waals surface area contributed by atoms with Gasteiger partial charge < -0.3 is 11.1 Å². The number of amides is 1. The van der Waals surface area contributed by atoms with Crippen molar-refractivity contribution in [3.05, 3.63) is 26.2 Å². The molecule has 3 N–H and O–H groups in total. The number of carbonyl (C=O) groups is 1. The molecule has 0 aliphatic heterocycles. The fraction of sp³-hybridized carbons (Fsp3) is 0.300. The Hall–Kier alpha value is -0.140. The highest BCUT2D eigenvalue weighted by atomic mass is 127. The number of anilines is 1. The lowest BCUT2D eigenvalue weighted by Gasteiger charge is -2.05. The van der Waals surface area contributed by atoms with Crippen LogP contribution in [0, 0.1) is 3.57 Å². The summed E-state index contributed by atoms with van der Waals surface area (Å²) in [4.78, 5) is 11.4. The molecular weight excluding hydrogens is 371 g/mol. The second kappa shape index (κ2) is 6.44. The molecule has 1 aromatic carbocycles. The molecule has 0 aliphatic rings. The van der Waals surface area contributed by atoms with Crippen LogP contribution in [0.3, 0.4) is 0 Å². The van der Waals surface area contributed by atoms with Crippen molar-refractivity contribution < 1.29 is 4.79 Å². The zero-order valence-electron chi connectivity index (χ0n) is 8.09. The van der Waals surface area contributed by atoms with Gasteiger partial charge in [0.05, 0.1) is 0 Å². The highest BCUT2D eigenvalue weighted by molar-refractivity contribution is 14.1. The lowest BCUT2D eigenvalue weighted by Crippen LogP contribution is -2.13. The highest BCUT2D eigenvalue weighted by Crippen LogP contribution is 2.22. The van der Waals surface area contributed by atoms with Crippen molar-refractivity contribution in [1.29, 1.82) is 0 Å². The molecule has 0 saturated heterocycles. The molecule has 0 bridgehead atoms. The molecule has 1 amide bonds. The zero-order valence-corrected chi connectivity index (χ0v) is 11.8. The van der Waals surface area contributed by atoms with E-state index in [0.29, 0.717) is 13.0 Å². The molecule has 1 aromatic rings. The maximum absolute atomic E-state index is 11.4. The molecule has 15 heavy (non-hydrogen) atoms.